The molecule has 0 saturated carbocycles. The molecule has 0 saturated heterocycles. The Bertz CT molecular complexity index is 466. The van der Waals surface area contributed by atoms with Crippen molar-refractivity contribution in [3.05, 3.63) is 24.0 Å². The first-order chi connectivity index (χ1) is 8.28. The van der Waals surface area contributed by atoms with Gasteiger partial charge in [-0.2, -0.15) is 15.0 Å². The van der Waals surface area contributed by atoms with Crippen molar-refractivity contribution in [2.45, 2.75) is 6.42 Å². The van der Waals surface area contributed by atoms with Crippen molar-refractivity contribution in [1.82, 2.24) is 19.9 Å². The van der Waals surface area contributed by atoms with Crippen molar-refractivity contribution in [1.29, 1.82) is 0 Å². The van der Waals surface area contributed by atoms with E-state index in [1.54, 1.807) is 7.05 Å². The largest absolute Gasteiger partial charge is 0.368 e. The third-order valence-corrected chi connectivity index (χ3v) is 2.24. The summed E-state index contributed by atoms with van der Waals surface area (Å²) in [6, 6.07) is 2.03. The van der Waals surface area contributed by atoms with Gasteiger partial charge in [0.2, 0.25) is 17.8 Å². The number of rotatable bonds is 5. The molecule has 0 radical (unpaired) electrons. The number of nitrogens with two attached hydrogens (primary N) is 1. The molecular formula is C10H15N7. The van der Waals surface area contributed by atoms with Gasteiger partial charge in [-0.15, -0.1) is 0 Å². The Balaban J connectivity index is 1.92. The molecule has 2 rings (SSSR count). The number of hydrogen-bond donors (Lipinski definition) is 4. The molecule has 17 heavy (non-hydrogen) atoms. The fraction of sp³-hybridized carbons (Fsp3) is 0.300. The lowest BCUT2D eigenvalue weighted by atomic mass is 10.2. The van der Waals surface area contributed by atoms with Crippen LogP contribution in [-0.4, -0.2) is 33.5 Å². The molecule has 2 aromatic heterocycles. The molecule has 0 aliphatic rings. The van der Waals surface area contributed by atoms with Crippen LogP contribution in [0.1, 0.15) is 5.56 Å². The summed E-state index contributed by atoms with van der Waals surface area (Å²) in [5, 5.41) is 5.93. The van der Waals surface area contributed by atoms with Crippen molar-refractivity contribution < 1.29 is 0 Å². The van der Waals surface area contributed by atoms with E-state index in [-0.39, 0.29) is 5.95 Å². The van der Waals surface area contributed by atoms with Crippen LogP contribution in [0.15, 0.2) is 18.5 Å². The maximum absolute atomic E-state index is 5.55. The SMILES string of the molecule is CNc1nc(N)nc(NCCc2cc[nH]c2)n1. The normalized spacial score (nSPS) is 10.2. The van der Waals surface area contributed by atoms with Crippen LogP contribution in [0, 0.1) is 0 Å². The summed E-state index contributed by atoms with van der Waals surface area (Å²) in [7, 11) is 1.73. The molecule has 7 heteroatoms. The Morgan fingerprint density at radius 2 is 2.12 bits per heavy atom. The van der Waals surface area contributed by atoms with E-state index in [0.29, 0.717) is 11.9 Å². The Morgan fingerprint density at radius 3 is 2.82 bits per heavy atom. The number of H-pyrrole nitrogens is 1. The molecule has 90 valence electrons. The maximum Gasteiger partial charge on any atom is 0.229 e. The van der Waals surface area contributed by atoms with Gasteiger partial charge in [0.05, 0.1) is 0 Å². The van der Waals surface area contributed by atoms with E-state index in [0.717, 1.165) is 13.0 Å². The number of nitrogen functional groups attached to an aromatic ring is 1. The van der Waals surface area contributed by atoms with Gasteiger partial charge in [-0.1, -0.05) is 0 Å². The number of anilines is 3. The highest BCUT2D eigenvalue weighted by molar-refractivity contribution is 5.39. The van der Waals surface area contributed by atoms with Crippen LogP contribution in [0.3, 0.4) is 0 Å². The lowest BCUT2D eigenvalue weighted by Crippen LogP contribution is -2.11. The third-order valence-electron chi connectivity index (χ3n) is 2.24. The molecule has 0 atom stereocenters. The summed E-state index contributed by atoms with van der Waals surface area (Å²) in [5.74, 6) is 1.15. The second kappa shape index (κ2) is 5.15. The molecule has 0 bridgehead atoms. The first-order valence-corrected chi connectivity index (χ1v) is 5.33. The molecule has 0 spiro atoms. The van der Waals surface area contributed by atoms with Gasteiger partial charge in [0, 0.05) is 26.0 Å². The van der Waals surface area contributed by atoms with Crippen LogP contribution in [0.4, 0.5) is 17.8 Å². The highest BCUT2D eigenvalue weighted by atomic mass is 15.2. The Morgan fingerprint density at radius 1 is 1.29 bits per heavy atom. The predicted octanol–water partition coefficient (Wildman–Crippen LogP) is 0.478. The van der Waals surface area contributed by atoms with Gasteiger partial charge in [0.1, 0.15) is 0 Å². The number of aromatic nitrogens is 4. The molecule has 5 N–H and O–H groups in total. The minimum Gasteiger partial charge on any atom is -0.368 e. The second-order valence-electron chi connectivity index (χ2n) is 3.49. The Hall–Kier alpha value is -2.31. The van der Waals surface area contributed by atoms with E-state index in [1.165, 1.54) is 5.56 Å². The van der Waals surface area contributed by atoms with Crippen LogP contribution in [0.25, 0.3) is 0 Å². The van der Waals surface area contributed by atoms with Crippen LogP contribution in [0.5, 0.6) is 0 Å². The summed E-state index contributed by atoms with van der Waals surface area (Å²) in [6.07, 6.45) is 4.75. The standard InChI is InChI=1S/C10H15N7/c1-12-9-15-8(11)16-10(17-9)14-5-3-7-2-4-13-6-7/h2,4,6,13H,3,5H2,1H3,(H4,11,12,14,15,16,17). The molecule has 0 aromatic carbocycles. The molecular weight excluding hydrogens is 218 g/mol. The van der Waals surface area contributed by atoms with Crippen molar-refractivity contribution in [3.8, 4) is 0 Å². The average Bonchev–Trinajstić information content (AvgIpc) is 2.81. The zero-order valence-electron chi connectivity index (χ0n) is 9.57. The first kappa shape index (κ1) is 11.2. The van der Waals surface area contributed by atoms with E-state index >= 15 is 0 Å². The van der Waals surface area contributed by atoms with E-state index < -0.39 is 0 Å². The fourth-order valence-electron chi connectivity index (χ4n) is 1.42. The lowest BCUT2D eigenvalue weighted by molar-refractivity contribution is 0.970. The summed E-state index contributed by atoms with van der Waals surface area (Å²) >= 11 is 0. The van der Waals surface area contributed by atoms with Crippen LogP contribution >= 0.6 is 0 Å². The van der Waals surface area contributed by atoms with Crippen LogP contribution in [0.2, 0.25) is 0 Å². The Labute approximate surface area is 98.9 Å². The zero-order chi connectivity index (χ0) is 12.1. The molecule has 0 fully saturated rings. The van der Waals surface area contributed by atoms with Crippen molar-refractivity contribution in [3.63, 3.8) is 0 Å². The monoisotopic (exact) mass is 233 g/mol. The number of aromatic amines is 1. The van der Waals surface area contributed by atoms with Crippen molar-refractivity contribution >= 4 is 17.8 Å². The zero-order valence-corrected chi connectivity index (χ0v) is 9.57. The summed E-state index contributed by atoms with van der Waals surface area (Å²) in [6.45, 7) is 0.741. The highest BCUT2D eigenvalue weighted by Crippen LogP contribution is 2.06. The fourth-order valence-corrected chi connectivity index (χ4v) is 1.42. The third kappa shape index (κ3) is 3.07. The summed E-state index contributed by atoms with van der Waals surface area (Å²) < 4.78 is 0. The van der Waals surface area contributed by atoms with Gasteiger partial charge >= 0.3 is 0 Å². The molecule has 0 aliphatic carbocycles. The molecule has 2 aromatic rings. The smallest absolute Gasteiger partial charge is 0.229 e. The quantitative estimate of drug-likeness (QED) is 0.598. The summed E-state index contributed by atoms with van der Waals surface area (Å²) in [5.41, 5.74) is 6.78. The topological polar surface area (TPSA) is 105 Å². The minimum atomic E-state index is 0.202. The van der Waals surface area contributed by atoms with Crippen molar-refractivity contribution in [2.24, 2.45) is 0 Å². The highest BCUT2D eigenvalue weighted by Gasteiger charge is 2.02. The van der Waals surface area contributed by atoms with Crippen LogP contribution in [-0.2, 0) is 6.42 Å². The Kier molecular flexibility index (Phi) is 3.39. The number of hydrogen-bond acceptors (Lipinski definition) is 6. The molecule has 2 heterocycles. The lowest BCUT2D eigenvalue weighted by Gasteiger charge is -2.06. The molecule has 7 nitrogen and oxygen atoms in total. The first-order valence-electron chi connectivity index (χ1n) is 5.33. The van der Waals surface area contributed by atoms with E-state index in [4.69, 9.17) is 5.73 Å². The molecule has 0 unspecified atom stereocenters. The molecule has 0 amide bonds. The number of nitrogens with one attached hydrogen (secondary N) is 3. The van der Waals surface area contributed by atoms with Gasteiger partial charge in [0.25, 0.3) is 0 Å². The minimum absolute atomic E-state index is 0.202. The van der Waals surface area contributed by atoms with Gasteiger partial charge in [-0.05, 0) is 18.1 Å². The van der Waals surface area contributed by atoms with E-state index in [2.05, 4.69) is 30.6 Å². The van der Waals surface area contributed by atoms with Gasteiger partial charge < -0.3 is 21.4 Å². The van der Waals surface area contributed by atoms with Gasteiger partial charge in [-0.25, -0.2) is 0 Å². The van der Waals surface area contributed by atoms with Crippen LogP contribution < -0.4 is 16.4 Å². The van der Waals surface area contributed by atoms with E-state index in [9.17, 15) is 0 Å². The maximum atomic E-state index is 5.55. The predicted molar refractivity (Wildman–Crippen MR) is 66.8 cm³/mol. The number of nitrogens with zero attached hydrogens (tertiary/aromatic N) is 3. The van der Waals surface area contributed by atoms with E-state index in [1.807, 2.05) is 18.5 Å². The summed E-state index contributed by atoms with van der Waals surface area (Å²) in [4.78, 5) is 15.1. The van der Waals surface area contributed by atoms with Gasteiger partial charge in [-0.3, -0.25) is 0 Å². The average molecular weight is 233 g/mol. The molecule has 0 aliphatic heterocycles. The van der Waals surface area contributed by atoms with Crippen molar-refractivity contribution in [2.75, 3.05) is 30.0 Å². The van der Waals surface area contributed by atoms with Gasteiger partial charge in [0.15, 0.2) is 0 Å². The second-order valence-corrected chi connectivity index (χ2v) is 3.49.